The third-order valence-corrected chi connectivity index (χ3v) is 3.22. The van der Waals surface area contributed by atoms with Crippen molar-refractivity contribution in [2.45, 2.75) is 33.1 Å². The minimum absolute atomic E-state index is 0.238. The highest BCUT2D eigenvalue weighted by atomic mass is 79.9. The van der Waals surface area contributed by atoms with E-state index in [9.17, 15) is 9.90 Å². The molecular weight excluding hydrogens is 296 g/mol. The molecule has 2 heterocycles. The van der Waals surface area contributed by atoms with E-state index in [-0.39, 0.29) is 11.1 Å². The molecule has 18 heavy (non-hydrogen) atoms. The van der Waals surface area contributed by atoms with E-state index in [1.54, 1.807) is 10.6 Å². The maximum absolute atomic E-state index is 11.5. The number of aryl methyl sites for hydroxylation is 1. The van der Waals surface area contributed by atoms with Gasteiger partial charge in [-0.25, -0.2) is 9.78 Å². The number of carboxylic acid groups (broad SMARTS) is 1. The van der Waals surface area contributed by atoms with Crippen LogP contribution in [0.2, 0.25) is 0 Å². The van der Waals surface area contributed by atoms with Gasteiger partial charge in [-0.15, -0.1) is 0 Å². The van der Waals surface area contributed by atoms with E-state index in [2.05, 4.69) is 20.9 Å². The number of imidazole rings is 1. The molecule has 0 unspecified atom stereocenters. The molecule has 0 spiro atoms. The van der Waals surface area contributed by atoms with E-state index >= 15 is 0 Å². The van der Waals surface area contributed by atoms with Gasteiger partial charge >= 0.3 is 5.97 Å². The van der Waals surface area contributed by atoms with Gasteiger partial charge in [0, 0.05) is 16.1 Å². The monoisotopic (exact) mass is 310 g/mol. The van der Waals surface area contributed by atoms with Gasteiger partial charge in [0.25, 0.3) is 0 Å². The normalized spacial score (nSPS) is 12.1. The number of aromatic nitrogens is 2. The maximum atomic E-state index is 11.5. The third kappa shape index (κ3) is 2.03. The lowest BCUT2D eigenvalue weighted by atomic mass is 9.91. The summed E-state index contributed by atoms with van der Waals surface area (Å²) in [5.41, 5.74) is 2.18. The maximum Gasteiger partial charge on any atom is 0.354 e. The third-order valence-electron chi connectivity index (χ3n) is 2.78. The molecule has 0 aliphatic carbocycles. The van der Waals surface area contributed by atoms with Gasteiger partial charge in [-0.2, -0.15) is 0 Å². The zero-order chi connectivity index (χ0) is 13.7. The van der Waals surface area contributed by atoms with E-state index in [4.69, 9.17) is 0 Å². The summed E-state index contributed by atoms with van der Waals surface area (Å²) in [6, 6.07) is 1.93. The van der Waals surface area contributed by atoms with Gasteiger partial charge in [-0.1, -0.05) is 20.8 Å². The summed E-state index contributed by atoms with van der Waals surface area (Å²) >= 11 is 3.38. The minimum Gasteiger partial charge on any atom is -0.477 e. The molecule has 0 bridgehead atoms. The Morgan fingerprint density at radius 3 is 2.56 bits per heavy atom. The van der Waals surface area contributed by atoms with Crippen molar-refractivity contribution in [1.29, 1.82) is 0 Å². The Kier molecular flexibility index (Phi) is 2.97. The number of halogens is 1. The van der Waals surface area contributed by atoms with Crippen LogP contribution in [-0.4, -0.2) is 20.5 Å². The second-order valence-corrected chi connectivity index (χ2v) is 6.31. The first-order valence-electron chi connectivity index (χ1n) is 5.64. The van der Waals surface area contributed by atoms with Crippen molar-refractivity contribution in [3.63, 3.8) is 0 Å². The first-order chi connectivity index (χ1) is 8.21. The number of rotatable bonds is 1. The molecule has 0 amide bonds. The van der Waals surface area contributed by atoms with Crippen LogP contribution < -0.4 is 0 Å². The molecule has 2 rings (SSSR count). The second-order valence-electron chi connectivity index (χ2n) is 5.40. The topological polar surface area (TPSA) is 54.6 Å². The van der Waals surface area contributed by atoms with Gasteiger partial charge in [0.15, 0.2) is 5.69 Å². The van der Waals surface area contributed by atoms with Crippen LogP contribution in [0.4, 0.5) is 0 Å². The number of pyridine rings is 1. The average molecular weight is 311 g/mol. The highest BCUT2D eigenvalue weighted by molar-refractivity contribution is 9.10. The van der Waals surface area contributed by atoms with Gasteiger partial charge in [0.05, 0.1) is 5.69 Å². The molecule has 2 aromatic heterocycles. The van der Waals surface area contributed by atoms with Gasteiger partial charge in [0.1, 0.15) is 5.65 Å². The average Bonchev–Trinajstić information content (AvgIpc) is 2.55. The quantitative estimate of drug-likeness (QED) is 0.878. The SMILES string of the molecule is Cc1cc(Br)cn2c(C(=O)O)c(C(C)(C)C)nc12. The van der Waals surface area contributed by atoms with Crippen LogP contribution in [0.15, 0.2) is 16.7 Å². The van der Waals surface area contributed by atoms with Crippen molar-refractivity contribution in [3.05, 3.63) is 33.7 Å². The van der Waals surface area contributed by atoms with Crippen molar-refractivity contribution in [1.82, 2.24) is 9.38 Å². The van der Waals surface area contributed by atoms with Crippen LogP contribution in [0.5, 0.6) is 0 Å². The molecule has 2 aromatic rings. The summed E-state index contributed by atoms with van der Waals surface area (Å²) in [7, 11) is 0. The lowest BCUT2D eigenvalue weighted by Gasteiger charge is -2.16. The fourth-order valence-corrected chi connectivity index (χ4v) is 2.54. The smallest absolute Gasteiger partial charge is 0.354 e. The molecule has 4 nitrogen and oxygen atoms in total. The Hall–Kier alpha value is -1.36. The van der Waals surface area contributed by atoms with Crippen molar-refractivity contribution in [3.8, 4) is 0 Å². The summed E-state index contributed by atoms with van der Waals surface area (Å²) in [5, 5.41) is 9.42. The lowest BCUT2D eigenvalue weighted by molar-refractivity contribution is 0.0686. The van der Waals surface area contributed by atoms with E-state index in [1.165, 1.54) is 0 Å². The molecule has 0 aliphatic heterocycles. The lowest BCUT2D eigenvalue weighted by Crippen LogP contribution is -2.17. The van der Waals surface area contributed by atoms with E-state index < -0.39 is 5.97 Å². The van der Waals surface area contributed by atoms with Crippen molar-refractivity contribution >= 4 is 27.5 Å². The van der Waals surface area contributed by atoms with Crippen molar-refractivity contribution < 1.29 is 9.90 Å². The molecule has 0 aromatic carbocycles. The molecule has 0 fully saturated rings. The number of aromatic carboxylic acids is 1. The van der Waals surface area contributed by atoms with Crippen LogP contribution in [0.3, 0.4) is 0 Å². The molecule has 0 saturated heterocycles. The van der Waals surface area contributed by atoms with Gasteiger partial charge in [0.2, 0.25) is 0 Å². The summed E-state index contributed by atoms with van der Waals surface area (Å²) < 4.78 is 2.48. The van der Waals surface area contributed by atoms with Crippen LogP contribution in [0.1, 0.15) is 42.5 Å². The molecule has 5 heteroatoms. The fraction of sp³-hybridized carbons (Fsp3) is 0.385. The van der Waals surface area contributed by atoms with Gasteiger partial charge in [-0.3, -0.25) is 4.40 Å². The standard InChI is InChI=1S/C13H15BrN2O2/c1-7-5-8(14)6-16-9(12(17)18)10(13(2,3)4)15-11(7)16/h5-6H,1-4H3,(H,17,18). The number of carbonyl (C=O) groups is 1. The number of fused-ring (bicyclic) bond motifs is 1. The Balaban J connectivity index is 2.93. The summed E-state index contributed by atoms with van der Waals surface area (Å²) in [6.45, 7) is 7.81. The highest BCUT2D eigenvalue weighted by Crippen LogP contribution is 2.28. The zero-order valence-electron chi connectivity index (χ0n) is 10.8. The predicted molar refractivity (Wildman–Crippen MR) is 73.3 cm³/mol. The van der Waals surface area contributed by atoms with Gasteiger partial charge < -0.3 is 5.11 Å². The first kappa shape index (κ1) is 13.1. The van der Waals surface area contributed by atoms with Crippen molar-refractivity contribution in [2.24, 2.45) is 0 Å². The molecular formula is C13H15BrN2O2. The summed E-state index contributed by atoms with van der Waals surface area (Å²) in [5.74, 6) is -0.954. The Labute approximate surface area is 114 Å². The van der Waals surface area contributed by atoms with E-state index in [0.717, 1.165) is 10.0 Å². The van der Waals surface area contributed by atoms with Crippen LogP contribution in [0.25, 0.3) is 5.65 Å². The van der Waals surface area contributed by atoms with Crippen LogP contribution in [-0.2, 0) is 5.41 Å². The summed E-state index contributed by atoms with van der Waals surface area (Å²) in [6.07, 6.45) is 1.74. The molecule has 1 N–H and O–H groups in total. The van der Waals surface area contributed by atoms with Crippen LogP contribution >= 0.6 is 15.9 Å². The Bertz CT molecular complexity index is 638. The van der Waals surface area contributed by atoms with Crippen LogP contribution in [0, 0.1) is 6.92 Å². The first-order valence-corrected chi connectivity index (χ1v) is 6.43. The Morgan fingerprint density at radius 1 is 1.44 bits per heavy atom. The number of nitrogens with zero attached hydrogens (tertiary/aromatic N) is 2. The number of hydrogen-bond donors (Lipinski definition) is 1. The largest absolute Gasteiger partial charge is 0.477 e. The highest BCUT2D eigenvalue weighted by Gasteiger charge is 2.28. The van der Waals surface area contributed by atoms with Gasteiger partial charge in [-0.05, 0) is 34.5 Å². The van der Waals surface area contributed by atoms with E-state index in [1.807, 2.05) is 33.8 Å². The molecule has 0 radical (unpaired) electrons. The second kappa shape index (κ2) is 4.09. The summed E-state index contributed by atoms with van der Waals surface area (Å²) in [4.78, 5) is 16.0. The van der Waals surface area contributed by atoms with E-state index in [0.29, 0.717) is 11.3 Å². The minimum atomic E-state index is -0.954. The predicted octanol–water partition coefficient (Wildman–Crippen LogP) is 3.40. The molecule has 0 atom stereocenters. The zero-order valence-corrected chi connectivity index (χ0v) is 12.4. The Morgan fingerprint density at radius 2 is 2.06 bits per heavy atom. The number of carboxylic acids is 1. The fourth-order valence-electron chi connectivity index (χ4n) is 2.00. The van der Waals surface area contributed by atoms with Crippen molar-refractivity contribution in [2.75, 3.05) is 0 Å². The molecule has 96 valence electrons. The molecule has 0 aliphatic rings. The number of hydrogen-bond acceptors (Lipinski definition) is 2. The molecule has 0 saturated carbocycles.